The van der Waals surface area contributed by atoms with Crippen molar-refractivity contribution in [1.82, 2.24) is 0 Å². The highest BCUT2D eigenvalue weighted by Gasteiger charge is 2.23. The molecule has 5 nitrogen and oxygen atoms in total. The van der Waals surface area contributed by atoms with Crippen LogP contribution in [0.25, 0.3) is 43.1 Å². The first-order valence-electron chi connectivity index (χ1n) is 8.51. The second-order valence-corrected chi connectivity index (χ2v) is 6.56. The summed E-state index contributed by atoms with van der Waals surface area (Å²) in [6, 6.07) is 18.6. The second kappa shape index (κ2) is 5.38. The summed E-state index contributed by atoms with van der Waals surface area (Å²) < 4.78 is 5.36. The van der Waals surface area contributed by atoms with Gasteiger partial charge in [-0.25, -0.2) is 0 Å². The maximum atomic E-state index is 11.9. The van der Waals surface area contributed by atoms with Crippen molar-refractivity contribution in [1.29, 1.82) is 0 Å². The fraction of sp³-hybridized carbons (Fsp3) is 0.0455. The van der Waals surface area contributed by atoms with Gasteiger partial charge in [-0.05, 0) is 40.4 Å². The molecule has 0 aliphatic heterocycles. The number of nitrogens with zero attached hydrogens (tertiary/aromatic N) is 1. The standard InChI is InChI=1S/C22H13NO4/c1-12(24)27-19-11-7-13-6-8-15-14-4-2-3-5-16(14)22(23(25)26)18-10-9-17(19)20(13)21(15)18/h2-11H,1H3. The van der Waals surface area contributed by atoms with Gasteiger partial charge in [0, 0.05) is 23.1 Å². The minimum absolute atomic E-state index is 0.102. The lowest BCUT2D eigenvalue weighted by atomic mass is 9.89. The normalized spacial score (nSPS) is 11.6. The molecule has 0 fully saturated rings. The topological polar surface area (TPSA) is 69.4 Å². The molecule has 0 N–H and O–H groups in total. The van der Waals surface area contributed by atoms with E-state index in [9.17, 15) is 14.9 Å². The smallest absolute Gasteiger partial charge is 0.308 e. The Hall–Kier alpha value is -3.73. The molecule has 0 radical (unpaired) electrons. The predicted octanol–water partition coefficient (Wildman–Crippen LogP) is 5.57. The van der Waals surface area contributed by atoms with Crippen molar-refractivity contribution in [2.24, 2.45) is 0 Å². The van der Waals surface area contributed by atoms with E-state index in [4.69, 9.17) is 4.74 Å². The molecule has 5 rings (SSSR count). The van der Waals surface area contributed by atoms with E-state index < -0.39 is 5.97 Å². The van der Waals surface area contributed by atoms with Crippen molar-refractivity contribution in [3.05, 3.63) is 70.8 Å². The monoisotopic (exact) mass is 355 g/mol. The third-order valence-corrected chi connectivity index (χ3v) is 5.04. The average Bonchev–Trinajstić information content (AvgIpc) is 2.65. The molecule has 0 amide bonds. The highest BCUT2D eigenvalue weighted by atomic mass is 16.6. The highest BCUT2D eigenvalue weighted by molar-refractivity contribution is 6.32. The van der Waals surface area contributed by atoms with Gasteiger partial charge in [0.15, 0.2) is 0 Å². The van der Waals surface area contributed by atoms with Crippen LogP contribution in [0.3, 0.4) is 0 Å². The summed E-state index contributed by atoms with van der Waals surface area (Å²) in [5, 5.41) is 18.3. The Kier molecular flexibility index (Phi) is 3.09. The molecule has 0 bridgehead atoms. The number of benzene rings is 5. The molecule has 0 aliphatic carbocycles. The molecule has 5 aromatic rings. The number of carbonyl (C=O) groups is 1. The molecule has 5 aromatic carbocycles. The fourth-order valence-corrected chi connectivity index (χ4v) is 4.05. The van der Waals surface area contributed by atoms with Crippen LogP contribution < -0.4 is 4.74 Å². The summed E-state index contributed by atoms with van der Waals surface area (Å²) >= 11 is 0. The van der Waals surface area contributed by atoms with Gasteiger partial charge in [0.1, 0.15) is 5.75 Å². The van der Waals surface area contributed by atoms with E-state index in [1.54, 1.807) is 24.3 Å². The first kappa shape index (κ1) is 15.5. The zero-order valence-electron chi connectivity index (χ0n) is 14.4. The Labute approximate surface area is 153 Å². The summed E-state index contributed by atoms with van der Waals surface area (Å²) in [5.74, 6) is 0.0571. The van der Waals surface area contributed by atoms with Gasteiger partial charge >= 0.3 is 5.97 Å². The summed E-state index contributed by atoms with van der Waals surface area (Å²) in [5.41, 5.74) is 0.102. The lowest BCUT2D eigenvalue weighted by Crippen LogP contribution is -2.02. The first-order chi connectivity index (χ1) is 13.1. The third-order valence-electron chi connectivity index (χ3n) is 5.04. The largest absolute Gasteiger partial charge is 0.426 e. The summed E-state index contributed by atoms with van der Waals surface area (Å²) in [7, 11) is 0. The predicted molar refractivity (Wildman–Crippen MR) is 106 cm³/mol. The molecule has 0 aromatic heterocycles. The average molecular weight is 355 g/mol. The van der Waals surface area contributed by atoms with Crippen molar-refractivity contribution < 1.29 is 14.5 Å². The van der Waals surface area contributed by atoms with Crippen molar-refractivity contribution in [3.63, 3.8) is 0 Å². The number of nitro benzene ring substituents is 1. The number of nitro groups is 1. The van der Waals surface area contributed by atoms with Crippen molar-refractivity contribution in [2.45, 2.75) is 6.92 Å². The Bertz CT molecular complexity index is 1400. The molecule has 5 heteroatoms. The number of rotatable bonds is 2. The van der Waals surface area contributed by atoms with Gasteiger partial charge in [0.05, 0.1) is 15.7 Å². The summed E-state index contributed by atoms with van der Waals surface area (Å²) in [6.45, 7) is 1.36. The second-order valence-electron chi connectivity index (χ2n) is 6.56. The van der Waals surface area contributed by atoms with E-state index in [0.29, 0.717) is 16.5 Å². The molecule has 130 valence electrons. The van der Waals surface area contributed by atoms with Gasteiger partial charge < -0.3 is 4.74 Å². The molecule has 0 saturated carbocycles. The fourth-order valence-electron chi connectivity index (χ4n) is 4.05. The number of hydrogen-bond acceptors (Lipinski definition) is 4. The Morgan fingerprint density at radius 1 is 0.815 bits per heavy atom. The number of carbonyl (C=O) groups excluding carboxylic acids is 1. The van der Waals surface area contributed by atoms with Crippen LogP contribution >= 0.6 is 0 Å². The van der Waals surface area contributed by atoms with Crippen LogP contribution in [0.1, 0.15) is 6.92 Å². The number of fused-ring (bicyclic) bond motifs is 2. The number of non-ortho nitro benzene ring substituents is 1. The minimum Gasteiger partial charge on any atom is -0.426 e. The van der Waals surface area contributed by atoms with Gasteiger partial charge in [0.2, 0.25) is 0 Å². The third kappa shape index (κ3) is 2.08. The van der Waals surface area contributed by atoms with Gasteiger partial charge in [0.25, 0.3) is 5.69 Å². The quantitative estimate of drug-likeness (QED) is 0.104. The van der Waals surface area contributed by atoms with E-state index in [-0.39, 0.29) is 10.6 Å². The van der Waals surface area contributed by atoms with E-state index in [2.05, 4.69) is 0 Å². The molecular weight excluding hydrogens is 342 g/mol. The molecule has 0 unspecified atom stereocenters. The van der Waals surface area contributed by atoms with Crippen LogP contribution in [0.5, 0.6) is 5.75 Å². The lowest BCUT2D eigenvalue weighted by molar-refractivity contribution is -0.381. The van der Waals surface area contributed by atoms with Crippen LogP contribution in [0, 0.1) is 10.1 Å². The van der Waals surface area contributed by atoms with Gasteiger partial charge in [-0.15, -0.1) is 0 Å². The maximum Gasteiger partial charge on any atom is 0.308 e. The van der Waals surface area contributed by atoms with Crippen LogP contribution in [-0.4, -0.2) is 10.9 Å². The molecule has 0 heterocycles. The molecule has 27 heavy (non-hydrogen) atoms. The maximum absolute atomic E-state index is 11.9. The van der Waals surface area contributed by atoms with Crippen molar-refractivity contribution in [2.75, 3.05) is 0 Å². The molecule has 0 aliphatic rings. The molecule has 0 spiro atoms. The Morgan fingerprint density at radius 3 is 2.22 bits per heavy atom. The van der Waals surface area contributed by atoms with Crippen LogP contribution in [0.15, 0.2) is 60.7 Å². The minimum atomic E-state index is -0.401. The van der Waals surface area contributed by atoms with Gasteiger partial charge in [-0.3, -0.25) is 14.9 Å². The Morgan fingerprint density at radius 2 is 1.48 bits per heavy atom. The van der Waals surface area contributed by atoms with Crippen molar-refractivity contribution in [3.8, 4) is 5.75 Å². The molecule has 0 saturated heterocycles. The zero-order valence-corrected chi connectivity index (χ0v) is 14.4. The van der Waals surface area contributed by atoms with Crippen molar-refractivity contribution >= 4 is 54.7 Å². The van der Waals surface area contributed by atoms with E-state index in [1.807, 2.05) is 36.4 Å². The SMILES string of the molecule is CC(=O)Oc1ccc2ccc3c4ccccc4c([N+](=O)[O-])c4ccc1c2c43. The zero-order chi connectivity index (χ0) is 18.7. The van der Waals surface area contributed by atoms with E-state index in [0.717, 1.165) is 32.3 Å². The molecule has 0 atom stereocenters. The first-order valence-corrected chi connectivity index (χ1v) is 8.51. The summed E-state index contributed by atoms with van der Waals surface area (Å²) in [4.78, 5) is 23.1. The Balaban J connectivity index is 2.09. The number of hydrogen-bond donors (Lipinski definition) is 0. The van der Waals surface area contributed by atoms with Crippen LogP contribution in [-0.2, 0) is 4.79 Å². The van der Waals surface area contributed by atoms with Gasteiger partial charge in [-0.1, -0.05) is 36.4 Å². The van der Waals surface area contributed by atoms with Gasteiger partial charge in [-0.2, -0.15) is 0 Å². The lowest BCUT2D eigenvalue weighted by Gasteiger charge is -2.15. The number of esters is 1. The molecular formula is C22H13NO4. The summed E-state index contributed by atoms with van der Waals surface area (Å²) in [6.07, 6.45) is 0. The van der Waals surface area contributed by atoms with E-state index >= 15 is 0 Å². The van der Waals surface area contributed by atoms with Crippen LogP contribution in [0.2, 0.25) is 0 Å². The van der Waals surface area contributed by atoms with E-state index in [1.165, 1.54) is 6.92 Å². The van der Waals surface area contributed by atoms with Crippen LogP contribution in [0.4, 0.5) is 5.69 Å². The number of ether oxygens (including phenoxy) is 1. The highest BCUT2D eigenvalue weighted by Crippen LogP contribution is 2.45.